The number of urea groups is 1. The standard InChI is InChI=1S/C18H24N2O7/c1-10-14(17(21)27-7-6-23-2)15(20-18(22)19-10)11-8-12(24-3)16(26-5)13(9-11)25-4/h8-9,14-15H,6-7H2,1-5H3,(H,20,22). The number of ether oxygens (including phenoxy) is 5. The summed E-state index contributed by atoms with van der Waals surface area (Å²) < 4.78 is 26.2. The number of amides is 2. The monoisotopic (exact) mass is 380 g/mol. The Morgan fingerprint density at radius 2 is 1.70 bits per heavy atom. The topological polar surface area (TPSA) is 105 Å². The lowest BCUT2D eigenvalue weighted by molar-refractivity contribution is -0.148. The average Bonchev–Trinajstić information content (AvgIpc) is 2.66. The van der Waals surface area contributed by atoms with Gasteiger partial charge in [-0.05, 0) is 24.6 Å². The number of nitrogens with one attached hydrogen (secondary N) is 1. The summed E-state index contributed by atoms with van der Waals surface area (Å²) in [5, 5.41) is 2.71. The van der Waals surface area contributed by atoms with Crippen LogP contribution in [0.15, 0.2) is 17.1 Å². The molecule has 0 spiro atoms. The van der Waals surface area contributed by atoms with Crippen LogP contribution in [0.1, 0.15) is 18.5 Å². The van der Waals surface area contributed by atoms with Gasteiger partial charge in [-0.15, -0.1) is 0 Å². The Labute approximate surface area is 157 Å². The Morgan fingerprint density at radius 3 is 2.22 bits per heavy atom. The number of carbonyl (C=O) groups is 2. The van der Waals surface area contributed by atoms with Crippen molar-refractivity contribution in [1.82, 2.24) is 5.32 Å². The highest BCUT2D eigenvalue weighted by Crippen LogP contribution is 2.41. The molecule has 2 unspecified atom stereocenters. The highest BCUT2D eigenvalue weighted by atomic mass is 16.6. The van der Waals surface area contributed by atoms with Crippen molar-refractivity contribution in [3.05, 3.63) is 17.7 Å². The zero-order chi connectivity index (χ0) is 20.0. The molecule has 0 fully saturated rings. The second-order valence-corrected chi connectivity index (χ2v) is 5.78. The van der Waals surface area contributed by atoms with Crippen molar-refractivity contribution in [2.75, 3.05) is 41.7 Å². The van der Waals surface area contributed by atoms with Crippen LogP contribution in [0.2, 0.25) is 0 Å². The van der Waals surface area contributed by atoms with Crippen LogP contribution in [0, 0.1) is 5.92 Å². The number of rotatable bonds is 8. The Morgan fingerprint density at radius 1 is 1.07 bits per heavy atom. The molecule has 1 heterocycles. The van der Waals surface area contributed by atoms with E-state index in [0.717, 1.165) is 0 Å². The van der Waals surface area contributed by atoms with Gasteiger partial charge in [-0.1, -0.05) is 0 Å². The fraction of sp³-hybridized carbons (Fsp3) is 0.500. The molecule has 9 heteroatoms. The fourth-order valence-corrected chi connectivity index (χ4v) is 2.90. The minimum Gasteiger partial charge on any atom is -0.493 e. The van der Waals surface area contributed by atoms with Crippen molar-refractivity contribution in [1.29, 1.82) is 0 Å². The van der Waals surface area contributed by atoms with E-state index >= 15 is 0 Å². The molecule has 2 rings (SSSR count). The number of esters is 1. The number of carbonyl (C=O) groups excluding carboxylic acids is 2. The van der Waals surface area contributed by atoms with Gasteiger partial charge in [-0.25, -0.2) is 9.79 Å². The van der Waals surface area contributed by atoms with Gasteiger partial charge in [0.15, 0.2) is 11.5 Å². The van der Waals surface area contributed by atoms with E-state index in [2.05, 4.69) is 10.3 Å². The number of nitrogens with zero attached hydrogens (tertiary/aromatic N) is 1. The van der Waals surface area contributed by atoms with Crippen molar-refractivity contribution in [2.24, 2.45) is 10.9 Å². The van der Waals surface area contributed by atoms with Crippen LogP contribution in [0.3, 0.4) is 0 Å². The minimum atomic E-state index is -0.789. The summed E-state index contributed by atoms with van der Waals surface area (Å²) in [5.74, 6) is -0.0644. The summed E-state index contributed by atoms with van der Waals surface area (Å²) in [7, 11) is 5.99. The summed E-state index contributed by atoms with van der Waals surface area (Å²) in [5.41, 5.74) is 0.959. The van der Waals surface area contributed by atoms with E-state index in [1.165, 1.54) is 28.4 Å². The van der Waals surface area contributed by atoms with E-state index in [0.29, 0.717) is 28.5 Å². The maximum absolute atomic E-state index is 12.6. The summed E-state index contributed by atoms with van der Waals surface area (Å²) >= 11 is 0. The highest BCUT2D eigenvalue weighted by Gasteiger charge is 2.38. The lowest BCUT2D eigenvalue weighted by Crippen LogP contribution is -2.44. The largest absolute Gasteiger partial charge is 0.493 e. The van der Waals surface area contributed by atoms with Gasteiger partial charge in [0.25, 0.3) is 0 Å². The quantitative estimate of drug-likeness (QED) is 0.541. The molecule has 2 atom stereocenters. The third-order valence-corrected chi connectivity index (χ3v) is 4.17. The first-order chi connectivity index (χ1) is 13.0. The number of hydrogen-bond donors (Lipinski definition) is 1. The predicted octanol–water partition coefficient (Wildman–Crippen LogP) is 1.74. The van der Waals surface area contributed by atoms with Crippen molar-refractivity contribution in [3.8, 4) is 17.2 Å². The van der Waals surface area contributed by atoms with Crippen molar-refractivity contribution < 1.29 is 33.3 Å². The Bertz CT molecular complexity index is 707. The molecule has 1 aliphatic rings. The Hall–Kier alpha value is -2.81. The van der Waals surface area contributed by atoms with Crippen LogP contribution in [0.5, 0.6) is 17.2 Å². The van der Waals surface area contributed by atoms with Crippen molar-refractivity contribution >= 4 is 17.7 Å². The lowest BCUT2D eigenvalue weighted by atomic mass is 9.88. The van der Waals surface area contributed by atoms with E-state index in [1.54, 1.807) is 19.1 Å². The van der Waals surface area contributed by atoms with Crippen LogP contribution >= 0.6 is 0 Å². The van der Waals surface area contributed by atoms with Gasteiger partial charge in [0.05, 0.1) is 34.0 Å². The molecule has 0 aliphatic carbocycles. The second-order valence-electron chi connectivity index (χ2n) is 5.78. The molecule has 0 radical (unpaired) electrons. The summed E-state index contributed by atoms with van der Waals surface area (Å²) in [6, 6.07) is 2.13. The molecule has 148 valence electrons. The van der Waals surface area contributed by atoms with Gasteiger partial charge in [-0.2, -0.15) is 0 Å². The maximum Gasteiger partial charge on any atom is 0.341 e. The van der Waals surface area contributed by atoms with E-state index < -0.39 is 24.0 Å². The third-order valence-electron chi connectivity index (χ3n) is 4.17. The third kappa shape index (κ3) is 4.48. The molecule has 0 saturated heterocycles. The fourth-order valence-electron chi connectivity index (χ4n) is 2.90. The number of benzene rings is 1. The van der Waals surface area contributed by atoms with Gasteiger partial charge in [0, 0.05) is 12.8 Å². The van der Waals surface area contributed by atoms with E-state index in [-0.39, 0.29) is 13.2 Å². The van der Waals surface area contributed by atoms with Crippen molar-refractivity contribution in [3.63, 3.8) is 0 Å². The van der Waals surface area contributed by atoms with Crippen LogP contribution in [-0.2, 0) is 14.3 Å². The number of aliphatic imine (C=N–C) groups is 1. The maximum atomic E-state index is 12.6. The Kier molecular flexibility index (Phi) is 7.00. The van der Waals surface area contributed by atoms with E-state index in [1.807, 2.05) is 0 Å². The summed E-state index contributed by atoms with van der Waals surface area (Å²) in [4.78, 5) is 28.4. The van der Waals surface area contributed by atoms with Gasteiger partial charge in [-0.3, -0.25) is 4.79 Å². The van der Waals surface area contributed by atoms with Gasteiger partial charge in [0.1, 0.15) is 12.5 Å². The van der Waals surface area contributed by atoms with Crippen LogP contribution in [0.25, 0.3) is 0 Å². The van der Waals surface area contributed by atoms with E-state index in [9.17, 15) is 9.59 Å². The molecule has 0 bridgehead atoms. The summed E-state index contributed by atoms with van der Waals surface area (Å²) in [6.07, 6.45) is 0. The molecule has 0 saturated carbocycles. The molecular formula is C18H24N2O7. The number of methoxy groups -OCH3 is 4. The molecule has 1 aromatic rings. The molecule has 1 N–H and O–H groups in total. The Balaban J connectivity index is 2.45. The first kappa shape index (κ1) is 20.5. The molecule has 9 nitrogen and oxygen atoms in total. The zero-order valence-electron chi connectivity index (χ0n) is 16.0. The van der Waals surface area contributed by atoms with E-state index in [4.69, 9.17) is 23.7 Å². The van der Waals surface area contributed by atoms with Crippen LogP contribution in [0.4, 0.5) is 4.79 Å². The van der Waals surface area contributed by atoms with Crippen LogP contribution < -0.4 is 19.5 Å². The second kappa shape index (κ2) is 9.22. The first-order valence-corrected chi connectivity index (χ1v) is 8.28. The number of hydrogen-bond acceptors (Lipinski definition) is 7. The summed E-state index contributed by atoms with van der Waals surface area (Å²) in [6.45, 7) is 2.00. The molecule has 1 aromatic carbocycles. The minimum absolute atomic E-state index is 0.106. The molecule has 1 aliphatic heterocycles. The SMILES string of the molecule is COCCOC(=O)C1C(C)=NC(=O)NC1c1cc(OC)c(OC)c(OC)c1. The average molecular weight is 380 g/mol. The normalized spacial score (nSPS) is 19.0. The smallest absolute Gasteiger partial charge is 0.341 e. The highest BCUT2D eigenvalue weighted by molar-refractivity contribution is 6.08. The molecule has 0 aromatic heterocycles. The molecule has 2 amide bonds. The van der Waals surface area contributed by atoms with Gasteiger partial charge < -0.3 is 29.0 Å². The predicted molar refractivity (Wildman–Crippen MR) is 96.8 cm³/mol. The van der Waals surface area contributed by atoms with Gasteiger partial charge in [0.2, 0.25) is 5.75 Å². The zero-order valence-corrected chi connectivity index (χ0v) is 16.0. The first-order valence-electron chi connectivity index (χ1n) is 8.28. The van der Waals surface area contributed by atoms with Crippen molar-refractivity contribution in [2.45, 2.75) is 13.0 Å². The lowest BCUT2D eigenvalue weighted by Gasteiger charge is -2.30. The van der Waals surface area contributed by atoms with Crippen LogP contribution in [-0.4, -0.2) is 59.4 Å². The molecular weight excluding hydrogens is 356 g/mol. The molecule has 27 heavy (non-hydrogen) atoms. The van der Waals surface area contributed by atoms with Gasteiger partial charge >= 0.3 is 12.0 Å².